The molecule has 4 nitrogen and oxygen atoms in total. The van der Waals surface area contributed by atoms with E-state index in [9.17, 15) is 0 Å². The minimum atomic E-state index is 0.334. The predicted molar refractivity (Wildman–Crippen MR) is 233 cm³/mol. The second kappa shape index (κ2) is 12.3. The van der Waals surface area contributed by atoms with Gasteiger partial charge in [0.05, 0.1) is 0 Å². The highest BCUT2D eigenvalue weighted by atomic mass is 32.1. The first-order chi connectivity index (χ1) is 27.7. The van der Waals surface area contributed by atoms with Crippen LogP contribution in [0.25, 0.3) is 104 Å². The van der Waals surface area contributed by atoms with E-state index in [0.717, 1.165) is 50.6 Å². The molecule has 1 atom stereocenters. The molecule has 0 spiro atoms. The summed E-state index contributed by atoms with van der Waals surface area (Å²) >= 11 is 1.85. The van der Waals surface area contributed by atoms with Crippen LogP contribution in [-0.4, -0.2) is 15.0 Å². The molecule has 262 valence electrons. The lowest BCUT2D eigenvalue weighted by Crippen LogP contribution is -2.10. The number of para-hydroxylation sites is 1. The first-order valence-corrected chi connectivity index (χ1v) is 19.9. The van der Waals surface area contributed by atoms with Gasteiger partial charge in [0.25, 0.3) is 0 Å². The SMILES string of the molecule is C1=CC2CC=C(c3nc(-c4ccccc4)nc(-c4cccc5oc6c(-c7cccc8sc9cc%10ccccc%10cc9c78)cccc6c45)n3)C=C2c2ccccc21. The van der Waals surface area contributed by atoms with Crippen LogP contribution in [0.15, 0.2) is 168 Å². The Labute approximate surface area is 326 Å². The number of allylic oxidation sites excluding steroid dienone is 5. The van der Waals surface area contributed by atoms with Gasteiger partial charge in [-0.2, -0.15) is 0 Å². The van der Waals surface area contributed by atoms with Crippen LogP contribution in [0.3, 0.4) is 0 Å². The Kier molecular flexibility index (Phi) is 6.89. The van der Waals surface area contributed by atoms with Crippen molar-refractivity contribution in [3.63, 3.8) is 0 Å². The van der Waals surface area contributed by atoms with Crippen molar-refractivity contribution in [1.29, 1.82) is 0 Å². The average molecular weight is 734 g/mol. The van der Waals surface area contributed by atoms with Crippen molar-refractivity contribution in [3.8, 4) is 33.9 Å². The van der Waals surface area contributed by atoms with Crippen molar-refractivity contribution in [2.24, 2.45) is 5.92 Å². The molecule has 12 rings (SSSR count). The molecule has 0 aliphatic heterocycles. The van der Waals surface area contributed by atoms with E-state index in [1.54, 1.807) is 0 Å². The van der Waals surface area contributed by atoms with E-state index in [1.165, 1.54) is 53.2 Å². The molecule has 10 aromatic rings. The van der Waals surface area contributed by atoms with Crippen molar-refractivity contribution in [3.05, 3.63) is 181 Å². The van der Waals surface area contributed by atoms with E-state index in [4.69, 9.17) is 19.4 Å². The average Bonchev–Trinajstić information content (AvgIpc) is 3.83. The van der Waals surface area contributed by atoms with E-state index >= 15 is 0 Å². The predicted octanol–water partition coefficient (Wildman–Crippen LogP) is 13.8. The maximum Gasteiger partial charge on any atom is 0.164 e. The third-order valence-corrected chi connectivity index (χ3v) is 12.5. The van der Waals surface area contributed by atoms with Crippen molar-refractivity contribution in [1.82, 2.24) is 15.0 Å². The Bertz CT molecular complexity index is 3350. The Morgan fingerprint density at radius 2 is 1.29 bits per heavy atom. The zero-order chi connectivity index (χ0) is 36.7. The molecule has 56 heavy (non-hydrogen) atoms. The molecule has 2 aliphatic rings. The van der Waals surface area contributed by atoms with Crippen LogP contribution in [0.2, 0.25) is 0 Å². The summed E-state index contributed by atoms with van der Waals surface area (Å²) in [6.07, 6.45) is 10.0. The van der Waals surface area contributed by atoms with Crippen LogP contribution in [0.5, 0.6) is 0 Å². The van der Waals surface area contributed by atoms with Gasteiger partial charge in [-0.1, -0.05) is 140 Å². The van der Waals surface area contributed by atoms with Crippen molar-refractivity contribution in [2.75, 3.05) is 0 Å². The molecule has 0 saturated carbocycles. The number of nitrogens with zero attached hydrogens (tertiary/aromatic N) is 3. The topological polar surface area (TPSA) is 51.8 Å². The number of furan rings is 1. The van der Waals surface area contributed by atoms with Gasteiger partial charge in [0, 0.05) is 59.1 Å². The van der Waals surface area contributed by atoms with E-state index in [-0.39, 0.29) is 0 Å². The highest BCUT2D eigenvalue weighted by molar-refractivity contribution is 7.26. The smallest absolute Gasteiger partial charge is 0.164 e. The molecular formula is C51H31N3OS. The molecule has 0 fully saturated rings. The second-order valence-electron chi connectivity index (χ2n) is 14.7. The summed E-state index contributed by atoms with van der Waals surface area (Å²) in [4.78, 5) is 15.6. The van der Waals surface area contributed by atoms with Gasteiger partial charge >= 0.3 is 0 Å². The number of aromatic nitrogens is 3. The zero-order valence-corrected chi connectivity index (χ0v) is 30.9. The van der Waals surface area contributed by atoms with Crippen molar-refractivity contribution in [2.45, 2.75) is 6.42 Å². The molecule has 2 aliphatic carbocycles. The number of hydrogen-bond acceptors (Lipinski definition) is 5. The molecule has 0 bridgehead atoms. The summed E-state index contributed by atoms with van der Waals surface area (Å²) < 4.78 is 9.42. The Morgan fingerprint density at radius 3 is 2.21 bits per heavy atom. The summed E-state index contributed by atoms with van der Waals surface area (Å²) in [6.45, 7) is 0. The summed E-state index contributed by atoms with van der Waals surface area (Å²) in [5, 5.41) is 7.06. The van der Waals surface area contributed by atoms with Crippen LogP contribution in [0, 0.1) is 5.92 Å². The molecule has 5 heteroatoms. The summed E-state index contributed by atoms with van der Waals surface area (Å²) in [5.74, 6) is 2.27. The standard InChI is InChI=1S/C51H31N3OS/c1-2-12-32(13-3-1)49-52-50(35-26-25-31-24-23-30-11-6-7-16-36(30)41(31)28-35)54-51(53-49)40-20-9-21-43-46(40)39-19-8-18-38(48(39)55-43)37-17-10-22-44-47(37)42-27-33-14-4-5-15-34(33)29-45(42)56-44/h1-24,26-29,31H,25H2. The number of fused-ring (bicyclic) bond motifs is 10. The van der Waals surface area contributed by atoms with Gasteiger partial charge in [-0.05, 0) is 69.8 Å². The maximum absolute atomic E-state index is 6.87. The summed E-state index contributed by atoms with van der Waals surface area (Å²) in [5.41, 5.74) is 10.6. The monoisotopic (exact) mass is 733 g/mol. The maximum atomic E-state index is 6.87. The third kappa shape index (κ3) is 4.88. The van der Waals surface area contributed by atoms with Crippen LogP contribution < -0.4 is 0 Å². The highest BCUT2D eigenvalue weighted by Crippen LogP contribution is 2.46. The molecule has 7 aromatic carbocycles. The minimum Gasteiger partial charge on any atom is -0.455 e. The lowest BCUT2D eigenvalue weighted by molar-refractivity contribution is 0.670. The zero-order valence-electron chi connectivity index (χ0n) is 30.1. The van der Waals surface area contributed by atoms with Gasteiger partial charge < -0.3 is 4.42 Å². The fourth-order valence-corrected chi connectivity index (χ4v) is 9.94. The highest BCUT2D eigenvalue weighted by Gasteiger charge is 2.25. The lowest BCUT2D eigenvalue weighted by atomic mass is 9.79. The van der Waals surface area contributed by atoms with Crippen LogP contribution in [-0.2, 0) is 0 Å². The lowest BCUT2D eigenvalue weighted by Gasteiger charge is -2.26. The largest absolute Gasteiger partial charge is 0.455 e. The molecular weight excluding hydrogens is 703 g/mol. The fraction of sp³-hybridized carbons (Fsp3) is 0.0392. The molecule has 0 radical (unpaired) electrons. The Balaban J connectivity index is 1.05. The normalized spacial score (nSPS) is 15.0. The van der Waals surface area contributed by atoms with E-state index < -0.39 is 0 Å². The molecule has 3 heterocycles. The van der Waals surface area contributed by atoms with Gasteiger partial charge in [0.1, 0.15) is 11.2 Å². The number of hydrogen-bond donors (Lipinski definition) is 0. The first-order valence-electron chi connectivity index (χ1n) is 19.0. The molecule has 0 amide bonds. The quantitative estimate of drug-likeness (QED) is 0.181. The van der Waals surface area contributed by atoms with E-state index in [0.29, 0.717) is 23.4 Å². The second-order valence-corrected chi connectivity index (χ2v) is 15.7. The summed E-state index contributed by atoms with van der Waals surface area (Å²) in [6, 6.07) is 51.4. The van der Waals surface area contributed by atoms with Crippen molar-refractivity contribution < 1.29 is 4.42 Å². The number of benzene rings is 7. The number of thiophene rings is 1. The first kappa shape index (κ1) is 31.4. The van der Waals surface area contributed by atoms with Gasteiger partial charge in [0.2, 0.25) is 0 Å². The van der Waals surface area contributed by atoms with Gasteiger partial charge in [-0.25, -0.2) is 15.0 Å². The minimum absolute atomic E-state index is 0.334. The Hall–Kier alpha value is -6.95. The third-order valence-electron chi connectivity index (χ3n) is 11.4. The molecule has 3 aromatic heterocycles. The van der Waals surface area contributed by atoms with E-state index in [1.807, 2.05) is 35.6 Å². The van der Waals surface area contributed by atoms with Crippen LogP contribution in [0.1, 0.15) is 23.4 Å². The van der Waals surface area contributed by atoms with E-state index in [2.05, 4.69) is 146 Å². The van der Waals surface area contributed by atoms with Crippen LogP contribution >= 0.6 is 11.3 Å². The number of rotatable bonds is 4. The van der Waals surface area contributed by atoms with Crippen molar-refractivity contribution >= 4 is 81.4 Å². The summed E-state index contributed by atoms with van der Waals surface area (Å²) in [7, 11) is 0. The van der Waals surface area contributed by atoms with Crippen LogP contribution in [0.4, 0.5) is 0 Å². The van der Waals surface area contributed by atoms with Gasteiger partial charge in [-0.15, -0.1) is 11.3 Å². The molecule has 0 saturated heterocycles. The molecule has 1 unspecified atom stereocenters. The molecule has 0 N–H and O–H groups in total. The van der Waals surface area contributed by atoms with Gasteiger partial charge in [-0.3, -0.25) is 0 Å². The Morgan fingerprint density at radius 1 is 0.554 bits per heavy atom. The van der Waals surface area contributed by atoms with Gasteiger partial charge in [0.15, 0.2) is 17.5 Å². The fourth-order valence-electron chi connectivity index (χ4n) is 8.78.